The SMILES string of the molecule is COc1ccccc1N1CCN(CCCN2CCCc3c(ccn3C)C2=O)CC1. The van der Waals surface area contributed by atoms with Crippen molar-refractivity contribution < 1.29 is 9.53 Å². The molecule has 0 aliphatic carbocycles. The molecule has 0 N–H and O–H groups in total. The summed E-state index contributed by atoms with van der Waals surface area (Å²) in [7, 11) is 3.77. The van der Waals surface area contributed by atoms with Crippen LogP contribution in [-0.4, -0.2) is 73.2 Å². The van der Waals surface area contributed by atoms with Crippen LogP contribution in [-0.2, 0) is 13.5 Å². The summed E-state index contributed by atoms with van der Waals surface area (Å²) in [6.45, 7) is 6.89. The zero-order chi connectivity index (χ0) is 20.2. The van der Waals surface area contributed by atoms with Gasteiger partial charge in [-0.25, -0.2) is 0 Å². The lowest BCUT2D eigenvalue weighted by molar-refractivity contribution is 0.0753. The average Bonchev–Trinajstić information content (AvgIpc) is 3.04. The number of para-hydroxylation sites is 2. The van der Waals surface area contributed by atoms with Crippen molar-refractivity contribution in [2.45, 2.75) is 19.3 Å². The average molecular weight is 397 g/mol. The molecule has 2 aliphatic heterocycles. The Morgan fingerprint density at radius 3 is 2.59 bits per heavy atom. The van der Waals surface area contributed by atoms with Gasteiger partial charge in [-0.05, 0) is 44.0 Å². The van der Waals surface area contributed by atoms with Gasteiger partial charge in [-0.2, -0.15) is 0 Å². The second kappa shape index (κ2) is 8.91. The molecule has 0 spiro atoms. The smallest absolute Gasteiger partial charge is 0.255 e. The predicted molar refractivity (Wildman–Crippen MR) is 116 cm³/mol. The summed E-state index contributed by atoms with van der Waals surface area (Å²) in [6, 6.07) is 10.2. The second-order valence-electron chi connectivity index (χ2n) is 8.04. The maximum absolute atomic E-state index is 12.9. The largest absolute Gasteiger partial charge is 0.495 e. The minimum absolute atomic E-state index is 0.207. The van der Waals surface area contributed by atoms with Gasteiger partial charge >= 0.3 is 0 Å². The van der Waals surface area contributed by atoms with E-state index in [0.717, 1.165) is 76.4 Å². The first-order valence-electron chi connectivity index (χ1n) is 10.7. The van der Waals surface area contributed by atoms with Gasteiger partial charge in [-0.3, -0.25) is 9.69 Å². The number of nitrogens with zero attached hydrogens (tertiary/aromatic N) is 4. The summed E-state index contributed by atoms with van der Waals surface area (Å²) in [4.78, 5) is 19.8. The summed E-state index contributed by atoms with van der Waals surface area (Å²) in [5.74, 6) is 1.15. The van der Waals surface area contributed by atoms with Crippen LogP contribution in [0.2, 0.25) is 0 Å². The number of amides is 1. The molecule has 0 radical (unpaired) electrons. The van der Waals surface area contributed by atoms with E-state index in [2.05, 4.69) is 31.4 Å². The van der Waals surface area contributed by atoms with Crippen LogP contribution < -0.4 is 9.64 Å². The van der Waals surface area contributed by atoms with Crippen molar-refractivity contribution in [1.29, 1.82) is 0 Å². The molecule has 1 amide bonds. The van der Waals surface area contributed by atoms with Gasteiger partial charge in [0.15, 0.2) is 0 Å². The molecular weight excluding hydrogens is 364 g/mol. The van der Waals surface area contributed by atoms with Gasteiger partial charge in [-0.15, -0.1) is 0 Å². The van der Waals surface area contributed by atoms with Crippen LogP contribution in [0.1, 0.15) is 28.9 Å². The Balaban J connectivity index is 1.25. The molecule has 3 heterocycles. The molecule has 6 nitrogen and oxygen atoms in total. The number of piperazine rings is 1. The summed E-state index contributed by atoms with van der Waals surface area (Å²) in [5.41, 5.74) is 3.27. The molecule has 0 bridgehead atoms. The van der Waals surface area contributed by atoms with Gasteiger partial charge in [0.25, 0.3) is 5.91 Å². The first-order valence-corrected chi connectivity index (χ1v) is 10.7. The molecule has 1 aromatic carbocycles. The Morgan fingerprint density at radius 2 is 1.79 bits per heavy atom. The third kappa shape index (κ3) is 4.27. The van der Waals surface area contributed by atoms with Crippen molar-refractivity contribution in [3.05, 3.63) is 47.8 Å². The molecule has 1 saturated heterocycles. The Morgan fingerprint density at radius 1 is 1.00 bits per heavy atom. The number of aromatic nitrogens is 1. The van der Waals surface area contributed by atoms with E-state index in [4.69, 9.17) is 4.74 Å². The lowest BCUT2D eigenvalue weighted by Gasteiger charge is -2.36. The summed E-state index contributed by atoms with van der Waals surface area (Å²) < 4.78 is 7.61. The highest BCUT2D eigenvalue weighted by Crippen LogP contribution is 2.28. The number of benzene rings is 1. The molecular formula is C23H32N4O2. The first-order chi connectivity index (χ1) is 14.2. The van der Waals surface area contributed by atoms with Crippen LogP contribution in [0.5, 0.6) is 5.75 Å². The monoisotopic (exact) mass is 396 g/mol. The lowest BCUT2D eigenvalue weighted by atomic mass is 10.2. The van der Waals surface area contributed by atoms with Gasteiger partial charge in [0.05, 0.1) is 18.4 Å². The Kier molecular flexibility index (Phi) is 6.09. The van der Waals surface area contributed by atoms with Crippen LogP contribution >= 0.6 is 0 Å². The van der Waals surface area contributed by atoms with Crippen LogP contribution in [0.25, 0.3) is 0 Å². The number of ether oxygens (including phenoxy) is 1. The van der Waals surface area contributed by atoms with E-state index in [1.54, 1.807) is 7.11 Å². The van der Waals surface area contributed by atoms with Crippen molar-refractivity contribution in [2.75, 3.05) is 57.8 Å². The lowest BCUT2D eigenvalue weighted by Crippen LogP contribution is -2.47. The van der Waals surface area contributed by atoms with Crippen molar-refractivity contribution in [2.24, 2.45) is 7.05 Å². The standard InChI is InChI=1S/C23H32N4O2/c1-24-14-10-19-20(24)8-5-12-27(23(19)28)13-6-11-25-15-17-26(18-16-25)21-7-3-4-9-22(21)29-2/h3-4,7,9-10,14H,5-6,8,11-13,15-18H2,1-2H3. The molecule has 29 heavy (non-hydrogen) atoms. The third-order valence-electron chi connectivity index (χ3n) is 6.26. The predicted octanol–water partition coefficient (Wildman–Crippen LogP) is 2.63. The summed E-state index contributed by atoms with van der Waals surface area (Å²) in [6.07, 6.45) is 5.08. The molecule has 156 valence electrons. The number of rotatable bonds is 6. The third-order valence-corrected chi connectivity index (χ3v) is 6.26. The van der Waals surface area contributed by atoms with Crippen LogP contribution in [0.4, 0.5) is 5.69 Å². The van der Waals surface area contributed by atoms with Crippen molar-refractivity contribution in [1.82, 2.24) is 14.4 Å². The van der Waals surface area contributed by atoms with Crippen LogP contribution in [0.3, 0.4) is 0 Å². The first kappa shape index (κ1) is 19.8. The van der Waals surface area contributed by atoms with Crippen LogP contribution in [0, 0.1) is 0 Å². The zero-order valence-electron chi connectivity index (χ0n) is 17.6. The number of methoxy groups -OCH3 is 1. The van der Waals surface area contributed by atoms with E-state index >= 15 is 0 Å². The van der Waals surface area contributed by atoms with E-state index < -0.39 is 0 Å². The minimum atomic E-state index is 0.207. The van der Waals surface area contributed by atoms with E-state index in [0.29, 0.717) is 0 Å². The molecule has 1 aromatic heterocycles. The highest BCUT2D eigenvalue weighted by molar-refractivity contribution is 5.95. The van der Waals surface area contributed by atoms with E-state index in [9.17, 15) is 4.79 Å². The van der Waals surface area contributed by atoms with E-state index in [1.165, 1.54) is 11.4 Å². The summed E-state index contributed by atoms with van der Waals surface area (Å²) in [5, 5.41) is 0. The highest BCUT2D eigenvalue weighted by atomic mass is 16.5. The molecule has 2 aromatic rings. The van der Waals surface area contributed by atoms with E-state index in [1.807, 2.05) is 31.4 Å². The van der Waals surface area contributed by atoms with Crippen molar-refractivity contribution in [3.8, 4) is 5.75 Å². The second-order valence-corrected chi connectivity index (χ2v) is 8.04. The molecule has 0 unspecified atom stereocenters. The van der Waals surface area contributed by atoms with Gasteiger partial charge in [0.1, 0.15) is 5.75 Å². The summed E-state index contributed by atoms with van der Waals surface area (Å²) >= 11 is 0. The van der Waals surface area contributed by atoms with Gasteiger partial charge in [0, 0.05) is 58.2 Å². The molecule has 6 heteroatoms. The maximum atomic E-state index is 12.9. The number of hydrogen-bond donors (Lipinski definition) is 0. The normalized spacial score (nSPS) is 17.9. The van der Waals surface area contributed by atoms with Crippen LogP contribution in [0.15, 0.2) is 36.5 Å². The zero-order valence-corrected chi connectivity index (χ0v) is 17.6. The number of carbonyl (C=O) groups is 1. The number of fused-ring (bicyclic) bond motifs is 1. The molecule has 0 atom stereocenters. The van der Waals surface area contributed by atoms with Crippen molar-refractivity contribution in [3.63, 3.8) is 0 Å². The van der Waals surface area contributed by atoms with E-state index in [-0.39, 0.29) is 5.91 Å². The molecule has 4 rings (SSSR count). The Labute approximate surface area is 173 Å². The van der Waals surface area contributed by atoms with Gasteiger partial charge < -0.3 is 19.1 Å². The topological polar surface area (TPSA) is 41.0 Å². The fraction of sp³-hybridized carbons (Fsp3) is 0.522. The molecule has 1 fully saturated rings. The minimum Gasteiger partial charge on any atom is -0.495 e. The number of anilines is 1. The Hall–Kier alpha value is -2.47. The molecule has 2 aliphatic rings. The highest BCUT2D eigenvalue weighted by Gasteiger charge is 2.24. The fourth-order valence-electron chi connectivity index (χ4n) is 4.58. The number of aryl methyl sites for hydroxylation is 1. The quantitative estimate of drug-likeness (QED) is 0.753. The maximum Gasteiger partial charge on any atom is 0.255 e. The fourth-order valence-corrected chi connectivity index (χ4v) is 4.58. The van der Waals surface area contributed by atoms with Crippen molar-refractivity contribution >= 4 is 11.6 Å². The Bertz CT molecular complexity index is 839. The molecule has 0 saturated carbocycles. The number of hydrogen-bond acceptors (Lipinski definition) is 4. The number of carbonyl (C=O) groups excluding carboxylic acids is 1. The van der Waals surface area contributed by atoms with Gasteiger partial charge in [0.2, 0.25) is 0 Å². The van der Waals surface area contributed by atoms with Gasteiger partial charge in [-0.1, -0.05) is 12.1 Å².